The third kappa shape index (κ3) is 3.91. The standard InChI is InChI=1S/C24H22N2O3S/c1-16-7-6-8-17(13-16)15-30-24-25-20-10-5-4-9-19(20)23(27)26(24)21-12-11-18(28-2)14-22(21)29-3/h4-14H,15H2,1-3H3. The van der Waals surface area contributed by atoms with Crippen LogP contribution in [0.4, 0.5) is 0 Å². The number of ether oxygens (including phenoxy) is 2. The Hall–Kier alpha value is -3.25. The van der Waals surface area contributed by atoms with Gasteiger partial charge in [0.05, 0.1) is 30.8 Å². The molecule has 1 aromatic heterocycles. The Morgan fingerprint density at radius 1 is 0.967 bits per heavy atom. The third-order valence-electron chi connectivity index (χ3n) is 4.82. The molecule has 6 heteroatoms. The van der Waals surface area contributed by atoms with E-state index in [-0.39, 0.29) is 5.56 Å². The summed E-state index contributed by atoms with van der Waals surface area (Å²) in [6.07, 6.45) is 0. The zero-order chi connectivity index (χ0) is 21.1. The summed E-state index contributed by atoms with van der Waals surface area (Å²) in [6, 6.07) is 21.1. The summed E-state index contributed by atoms with van der Waals surface area (Å²) in [7, 11) is 3.18. The molecule has 0 aliphatic rings. The molecule has 4 aromatic rings. The first-order chi connectivity index (χ1) is 14.6. The van der Waals surface area contributed by atoms with Crippen molar-refractivity contribution in [2.45, 2.75) is 17.8 Å². The van der Waals surface area contributed by atoms with Crippen LogP contribution < -0.4 is 15.0 Å². The molecule has 0 aliphatic carbocycles. The Morgan fingerprint density at radius 3 is 2.57 bits per heavy atom. The molecule has 0 amide bonds. The van der Waals surface area contributed by atoms with Gasteiger partial charge in [-0.1, -0.05) is 53.7 Å². The normalized spacial score (nSPS) is 10.9. The van der Waals surface area contributed by atoms with E-state index in [1.54, 1.807) is 30.9 Å². The van der Waals surface area contributed by atoms with Gasteiger partial charge in [0.1, 0.15) is 11.5 Å². The van der Waals surface area contributed by atoms with Crippen molar-refractivity contribution < 1.29 is 9.47 Å². The molecule has 0 fully saturated rings. The highest BCUT2D eigenvalue weighted by Gasteiger charge is 2.17. The van der Waals surface area contributed by atoms with Crippen LogP contribution in [0.5, 0.6) is 11.5 Å². The van der Waals surface area contributed by atoms with Crippen molar-refractivity contribution in [3.63, 3.8) is 0 Å². The molecule has 3 aromatic carbocycles. The number of nitrogens with zero attached hydrogens (tertiary/aromatic N) is 2. The number of para-hydroxylation sites is 1. The second-order valence-electron chi connectivity index (χ2n) is 6.87. The number of fused-ring (bicyclic) bond motifs is 1. The van der Waals surface area contributed by atoms with Crippen LogP contribution in [0.2, 0.25) is 0 Å². The van der Waals surface area contributed by atoms with Gasteiger partial charge in [-0.15, -0.1) is 0 Å². The molecular weight excluding hydrogens is 396 g/mol. The van der Waals surface area contributed by atoms with E-state index in [1.165, 1.54) is 22.9 Å². The maximum Gasteiger partial charge on any atom is 0.266 e. The first-order valence-electron chi connectivity index (χ1n) is 9.53. The Morgan fingerprint density at radius 2 is 1.80 bits per heavy atom. The average molecular weight is 419 g/mol. The van der Waals surface area contributed by atoms with Gasteiger partial charge in [-0.3, -0.25) is 9.36 Å². The summed E-state index contributed by atoms with van der Waals surface area (Å²) in [4.78, 5) is 18.3. The van der Waals surface area contributed by atoms with Crippen LogP contribution >= 0.6 is 11.8 Å². The summed E-state index contributed by atoms with van der Waals surface area (Å²) in [5.41, 5.74) is 3.56. The van der Waals surface area contributed by atoms with Gasteiger partial charge < -0.3 is 9.47 Å². The molecule has 4 rings (SSSR count). The largest absolute Gasteiger partial charge is 0.497 e. The lowest BCUT2D eigenvalue weighted by Crippen LogP contribution is -2.22. The number of rotatable bonds is 6. The van der Waals surface area contributed by atoms with E-state index >= 15 is 0 Å². The van der Waals surface area contributed by atoms with Crippen LogP contribution in [0, 0.1) is 6.92 Å². The topological polar surface area (TPSA) is 53.4 Å². The van der Waals surface area contributed by atoms with Crippen LogP contribution in [-0.2, 0) is 5.75 Å². The molecule has 0 saturated carbocycles. The van der Waals surface area contributed by atoms with E-state index in [1.807, 2.05) is 36.4 Å². The monoisotopic (exact) mass is 418 g/mol. The van der Waals surface area contributed by atoms with Gasteiger partial charge in [-0.25, -0.2) is 4.98 Å². The molecule has 0 bridgehead atoms. The summed E-state index contributed by atoms with van der Waals surface area (Å²) in [5, 5.41) is 1.18. The number of benzene rings is 3. The number of aryl methyl sites for hydroxylation is 1. The van der Waals surface area contributed by atoms with E-state index in [9.17, 15) is 4.79 Å². The summed E-state index contributed by atoms with van der Waals surface area (Å²) in [5.74, 6) is 1.91. The van der Waals surface area contributed by atoms with Gasteiger partial charge in [0.15, 0.2) is 5.16 Å². The average Bonchev–Trinajstić information content (AvgIpc) is 2.77. The molecule has 0 unspecified atom stereocenters. The summed E-state index contributed by atoms with van der Waals surface area (Å²) >= 11 is 1.53. The first kappa shape index (κ1) is 20.0. The SMILES string of the molecule is COc1ccc(-n2c(SCc3cccc(C)c3)nc3ccccc3c2=O)c(OC)c1. The lowest BCUT2D eigenvalue weighted by Gasteiger charge is -2.16. The third-order valence-corrected chi connectivity index (χ3v) is 5.83. The molecule has 0 atom stereocenters. The van der Waals surface area contributed by atoms with Gasteiger partial charge in [0.25, 0.3) is 5.56 Å². The van der Waals surface area contributed by atoms with Gasteiger partial charge in [0.2, 0.25) is 0 Å². The summed E-state index contributed by atoms with van der Waals surface area (Å²) in [6.45, 7) is 2.07. The molecule has 0 aliphatic heterocycles. The molecule has 5 nitrogen and oxygen atoms in total. The highest BCUT2D eigenvalue weighted by Crippen LogP contribution is 2.31. The minimum atomic E-state index is -0.129. The minimum Gasteiger partial charge on any atom is -0.497 e. The Balaban J connectivity index is 1.88. The lowest BCUT2D eigenvalue weighted by atomic mass is 10.2. The number of hydrogen-bond donors (Lipinski definition) is 0. The predicted octanol–water partition coefficient (Wildman–Crippen LogP) is 5.00. The van der Waals surface area contributed by atoms with E-state index in [2.05, 4.69) is 25.1 Å². The van der Waals surface area contributed by atoms with Crippen molar-refractivity contribution in [1.29, 1.82) is 0 Å². The number of aromatic nitrogens is 2. The fourth-order valence-corrected chi connectivity index (χ4v) is 4.29. The molecular formula is C24H22N2O3S. The van der Waals surface area contributed by atoms with Crippen molar-refractivity contribution in [3.8, 4) is 17.2 Å². The quantitative estimate of drug-likeness (QED) is 0.326. The summed E-state index contributed by atoms with van der Waals surface area (Å²) < 4.78 is 12.5. The van der Waals surface area contributed by atoms with Gasteiger partial charge in [0, 0.05) is 11.8 Å². The zero-order valence-electron chi connectivity index (χ0n) is 17.1. The van der Waals surface area contributed by atoms with E-state index in [0.29, 0.717) is 39.0 Å². The Bertz CT molecular complexity index is 1270. The highest BCUT2D eigenvalue weighted by atomic mass is 32.2. The second kappa shape index (κ2) is 8.63. The zero-order valence-corrected chi connectivity index (χ0v) is 17.9. The van der Waals surface area contributed by atoms with E-state index in [0.717, 1.165) is 0 Å². The Labute approximate surface area is 179 Å². The molecule has 30 heavy (non-hydrogen) atoms. The molecule has 1 heterocycles. The molecule has 152 valence electrons. The van der Waals surface area contributed by atoms with Crippen LogP contribution in [0.1, 0.15) is 11.1 Å². The smallest absolute Gasteiger partial charge is 0.266 e. The number of hydrogen-bond acceptors (Lipinski definition) is 5. The number of thioether (sulfide) groups is 1. The van der Waals surface area contributed by atoms with Crippen LogP contribution in [0.25, 0.3) is 16.6 Å². The van der Waals surface area contributed by atoms with Gasteiger partial charge in [-0.2, -0.15) is 0 Å². The van der Waals surface area contributed by atoms with Crippen molar-refractivity contribution >= 4 is 22.7 Å². The lowest BCUT2D eigenvalue weighted by molar-refractivity contribution is 0.392. The molecule has 0 radical (unpaired) electrons. The molecule has 0 saturated heterocycles. The maximum absolute atomic E-state index is 13.5. The van der Waals surface area contributed by atoms with Crippen molar-refractivity contribution in [1.82, 2.24) is 9.55 Å². The molecule has 0 spiro atoms. The highest BCUT2D eigenvalue weighted by molar-refractivity contribution is 7.98. The van der Waals surface area contributed by atoms with E-state index < -0.39 is 0 Å². The number of methoxy groups -OCH3 is 2. The Kier molecular flexibility index (Phi) is 5.77. The van der Waals surface area contributed by atoms with Crippen molar-refractivity contribution in [2.75, 3.05) is 14.2 Å². The fraction of sp³-hybridized carbons (Fsp3) is 0.167. The first-order valence-corrected chi connectivity index (χ1v) is 10.5. The van der Waals surface area contributed by atoms with E-state index in [4.69, 9.17) is 14.5 Å². The maximum atomic E-state index is 13.5. The van der Waals surface area contributed by atoms with Gasteiger partial charge in [-0.05, 0) is 36.8 Å². The fourth-order valence-electron chi connectivity index (χ4n) is 3.34. The van der Waals surface area contributed by atoms with Gasteiger partial charge >= 0.3 is 0 Å². The molecule has 0 N–H and O–H groups in total. The van der Waals surface area contributed by atoms with Crippen molar-refractivity contribution in [2.24, 2.45) is 0 Å². The minimum absolute atomic E-state index is 0.129. The predicted molar refractivity (Wildman–Crippen MR) is 121 cm³/mol. The van der Waals surface area contributed by atoms with Crippen molar-refractivity contribution in [3.05, 3.63) is 88.2 Å². The van der Waals surface area contributed by atoms with Crippen LogP contribution in [-0.4, -0.2) is 23.8 Å². The second-order valence-corrected chi connectivity index (χ2v) is 7.81. The van der Waals surface area contributed by atoms with Crippen LogP contribution in [0.3, 0.4) is 0 Å². The van der Waals surface area contributed by atoms with Crippen LogP contribution in [0.15, 0.2) is 76.7 Å².